The molecule has 4 heteroatoms. The number of β-amino-alcohol motifs (C(OH)–C–C–N with tert-alkyl or cyclic N) is 1. The summed E-state index contributed by atoms with van der Waals surface area (Å²) in [7, 11) is 0. The lowest BCUT2D eigenvalue weighted by atomic mass is 10.1. The van der Waals surface area contributed by atoms with Gasteiger partial charge in [-0.25, -0.2) is 0 Å². The summed E-state index contributed by atoms with van der Waals surface area (Å²) in [6.07, 6.45) is 7.45. The molecule has 0 aliphatic heterocycles. The topological polar surface area (TPSA) is 50.1 Å². The van der Waals surface area contributed by atoms with Crippen LogP contribution in [0.3, 0.4) is 0 Å². The highest BCUT2D eigenvalue weighted by Gasteiger charge is 2.18. The largest absolute Gasteiger partial charge is 0.391 e. The van der Waals surface area contributed by atoms with Crippen LogP contribution in [0.1, 0.15) is 58.2 Å². The number of aromatic nitrogens is 2. The van der Waals surface area contributed by atoms with Gasteiger partial charge in [0.15, 0.2) is 0 Å². The Morgan fingerprint density at radius 3 is 2.74 bits per heavy atom. The number of hydrogen-bond acceptors (Lipinski definition) is 3. The first-order chi connectivity index (χ1) is 8.94. The van der Waals surface area contributed by atoms with Crippen molar-refractivity contribution in [2.24, 2.45) is 0 Å². The van der Waals surface area contributed by atoms with E-state index in [1.165, 1.54) is 25.7 Å². The number of aliphatic hydroxyl groups excluding tert-OH is 1. The Morgan fingerprint density at radius 2 is 2.11 bits per heavy atom. The molecular weight excluding hydrogens is 238 g/mol. The summed E-state index contributed by atoms with van der Waals surface area (Å²) in [5.41, 5.74) is 1.04. The molecule has 1 aromatic rings. The molecule has 19 heavy (non-hydrogen) atoms. The van der Waals surface area contributed by atoms with Crippen molar-refractivity contribution in [3.63, 3.8) is 0 Å². The molecule has 0 bridgehead atoms. The van der Waals surface area contributed by atoms with E-state index in [1.807, 2.05) is 6.07 Å². The minimum absolute atomic E-state index is 0.0458. The summed E-state index contributed by atoms with van der Waals surface area (Å²) in [4.78, 5) is 0. The van der Waals surface area contributed by atoms with E-state index in [0.29, 0.717) is 19.0 Å². The van der Waals surface area contributed by atoms with Crippen molar-refractivity contribution < 1.29 is 5.11 Å². The molecule has 2 N–H and O–H groups in total. The SMILES string of the molecule is CC(C)(C)NCC(O)Cc1ccn(C2CCCC2)n1. The molecule has 108 valence electrons. The zero-order valence-corrected chi connectivity index (χ0v) is 12.4. The van der Waals surface area contributed by atoms with Gasteiger partial charge >= 0.3 is 0 Å². The maximum atomic E-state index is 10.0. The maximum Gasteiger partial charge on any atom is 0.0720 e. The van der Waals surface area contributed by atoms with E-state index in [2.05, 4.69) is 42.1 Å². The van der Waals surface area contributed by atoms with Crippen LogP contribution in [0.2, 0.25) is 0 Å². The van der Waals surface area contributed by atoms with Crippen LogP contribution in [-0.2, 0) is 6.42 Å². The molecule has 1 aliphatic rings. The van der Waals surface area contributed by atoms with Gasteiger partial charge in [-0.05, 0) is 39.7 Å². The minimum atomic E-state index is -0.369. The van der Waals surface area contributed by atoms with E-state index in [9.17, 15) is 5.11 Å². The summed E-state index contributed by atoms with van der Waals surface area (Å²) in [5, 5.41) is 18.0. The highest BCUT2D eigenvalue weighted by molar-refractivity contribution is 5.02. The maximum absolute atomic E-state index is 10.0. The smallest absolute Gasteiger partial charge is 0.0720 e. The third-order valence-corrected chi connectivity index (χ3v) is 3.68. The van der Waals surface area contributed by atoms with Gasteiger partial charge in [0.25, 0.3) is 0 Å². The Bertz CT molecular complexity index is 388. The van der Waals surface area contributed by atoms with Gasteiger partial charge in [0, 0.05) is 24.7 Å². The van der Waals surface area contributed by atoms with Gasteiger partial charge in [-0.1, -0.05) is 12.8 Å². The lowest BCUT2D eigenvalue weighted by molar-refractivity contribution is 0.159. The Labute approximate surface area is 116 Å². The standard InChI is InChI=1S/C15H27N3O/c1-15(2,3)16-11-14(19)10-12-8-9-18(17-12)13-6-4-5-7-13/h8-9,13-14,16,19H,4-7,10-11H2,1-3H3. The van der Waals surface area contributed by atoms with Crippen LogP contribution in [-0.4, -0.2) is 33.1 Å². The number of rotatable bonds is 5. The Kier molecular flexibility index (Phi) is 4.63. The van der Waals surface area contributed by atoms with Gasteiger partial charge in [0.2, 0.25) is 0 Å². The number of nitrogens with zero attached hydrogens (tertiary/aromatic N) is 2. The van der Waals surface area contributed by atoms with Gasteiger partial charge < -0.3 is 10.4 Å². The van der Waals surface area contributed by atoms with Crippen molar-refractivity contribution in [1.82, 2.24) is 15.1 Å². The quantitative estimate of drug-likeness (QED) is 0.859. The lowest BCUT2D eigenvalue weighted by Crippen LogP contribution is -2.41. The van der Waals surface area contributed by atoms with Crippen molar-refractivity contribution in [3.8, 4) is 0 Å². The summed E-state index contributed by atoms with van der Waals surface area (Å²) < 4.78 is 2.09. The van der Waals surface area contributed by atoms with E-state index in [1.54, 1.807) is 0 Å². The minimum Gasteiger partial charge on any atom is -0.391 e. The van der Waals surface area contributed by atoms with Crippen LogP contribution in [0.4, 0.5) is 0 Å². The second-order valence-electron chi connectivity index (χ2n) is 6.71. The molecule has 0 saturated heterocycles. The Balaban J connectivity index is 1.82. The molecule has 4 nitrogen and oxygen atoms in total. The second kappa shape index (κ2) is 6.06. The van der Waals surface area contributed by atoms with Crippen molar-refractivity contribution in [2.45, 2.75) is 70.6 Å². The molecule has 1 unspecified atom stereocenters. The van der Waals surface area contributed by atoms with E-state index in [0.717, 1.165) is 5.69 Å². The normalized spacial score (nSPS) is 18.9. The van der Waals surface area contributed by atoms with E-state index < -0.39 is 0 Å². The third-order valence-electron chi connectivity index (χ3n) is 3.68. The average molecular weight is 265 g/mol. The van der Waals surface area contributed by atoms with Gasteiger partial charge in [0.05, 0.1) is 17.8 Å². The second-order valence-corrected chi connectivity index (χ2v) is 6.71. The number of nitrogens with one attached hydrogen (secondary N) is 1. The molecule has 1 saturated carbocycles. The van der Waals surface area contributed by atoms with Crippen LogP contribution in [0.25, 0.3) is 0 Å². The Hall–Kier alpha value is -0.870. The predicted octanol–water partition coefficient (Wildman–Crippen LogP) is 2.29. The van der Waals surface area contributed by atoms with Crippen molar-refractivity contribution >= 4 is 0 Å². The van der Waals surface area contributed by atoms with Crippen LogP contribution >= 0.6 is 0 Å². The van der Waals surface area contributed by atoms with Crippen molar-refractivity contribution in [1.29, 1.82) is 0 Å². The molecule has 1 atom stereocenters. The zero-order valence-electron chi connectivity index (χ0n) is 12.4. The molecule has 0 amide bonds. The van der Waals surface area contributed by atoms with Crippen molar-refractivity contribution in [3.05, 3.63) is 18.0 Å². The molecule has 0 spiro atoms. The molecule has 2 rings (SSSR count). The van der Waals surface area contributed by atoms with E-state index >= 15 is 0 Å². The van der Waals surface area contributed by atoms with Gasteiger partial charge in [0.1, 0.15) is 0 Å². The molecule has 1 fully saturated rings. The molecular formula is C15H27N3O. The number of hydrogen-bond donors (Lipinski definition) is 2. The first-order valence-corrected chi connectivity index (χ1v) is 7.41. The molecule has 1 aliphatic carbocycles. The highest BCUT2D eigenvalue weighted by Crippen LogP contribution is 2.28. The predicted molar refractivity (Wildman–Crippen MR) is 77.2 cm³/mol. The summed E-state index contributed by atoms with van der Waals surface area (Å²) >= 11 is 0. The first-order valence-electron chi connectivity index (χ1n) is 7.41. The monoisotopic (exact) mass is 265 g/mol. The van der Waals surface area contributed by atoms with Gasteiger partial charge in [-0.3, -0.25) is 4.68 Å². The fourth-order valence-electron chi connectivity index (χ4n) is 2.60. The highest BCUT2D eigenvalue weighted by atomic mass is 16.3. The molecule has 0 radical (unpaired) electrons. The van der Waals surface area contributed by atoms with Crippen molar-refractivity contribution in [2.75, 3.05) is 6.54 Å². The molecule has 1 heterocycles. The third kappa shape index (κ3) is 4.62. The Morgan fingerprint density at radius 1 is 1.42 bits per heavy atom. The van der Waals surface area contributed by atoms with Crippen LogP contribution in [0, 0.1) is 0 Å². The van der Waals surface area contributed by atoms with Crippen LogP contribution in [0.15, 0.2) is 12.3 Å². The zero-order chi connectivity index (χ0) is 13.9. The lowest BCUT2D eigenvalue weighted by Gasteiger charge is -2.22. The fourth-order valence-corrected chi connectivity index (χ4v) is 2.60. The summed E-state index contributed by atoms with van der Waals surface area (Å²) in [5.74, 6) is 0. The summed E-state index contributed by atoms with van der Waals surface area (Å²) in [6, 6.07) is 2.62. The first kappa shape index (κ1) is 14.5. The molecule has 0 aromatic carbocycles. The van der Waals surface area contributed by atoms with Crippen LogP contribution < -0.4 is 5.32 Å². The average Bonchev–Trinajstić information content (AvgIpc) is 2.94. The van der Waals surface area contributed by atoms with Gasteiger partial charge in [-0.2, -0.15) is 5.10 Å². The summed E-state index contributed by atoms with van der Waals surface area (Å²) in [6.45, 7) is 6.93. The molecule has 1 aromatic heterocycles. The van der Waals surface area contributed by atoms with Crippen LogP contribution in [0.5, 0.6) is 0 Å². The van der Waals surface area contributed by atoms with E-state index in [4.69, 9.17) is 0 Å². The van der Waals surface area contributed by atoms with Gasteiger partial charge in [-0.15, -0.1) is 0 Å². The number of aliphatic hydroxyl groups is 1. The van der Waals surface area contributed by atoms with E-state index in [-0.39, 0.29) is 11.6 Å². The fraction of sp³-hybridized carbons (Fsp3) is 0.800.